The van der Waals surface area contributed by atoms with Gasteiger partial charge in [-0.25, -0.2) is 9.97 Å². The van der Waals surface area contributed by atoms with Crippen LogP contribution in [0.15, 0.2) is 43.0 Å². The van der Waals surface area contributed by atoms with Crippen LogP contribution in [0.3, 0.4) is 0 Å². The Labute approximate surface area is 167 Å². The average Bonchev–Trinajstić information content (AvgIpc) is 3.03. The third-order valence-electron chi connectivity index (χ3n) is 4.95. The highest BCUT2D eigenvalue weighted by Crippen LogP contribution is 2.36. The topological polar surface area (TPSA) is 58.1 Å². The molecule has 4 rings (SSSR count). The molecule has 0 spiro atoms. The summed E-state index contributed by atoms with van der Waals surface area (Å²) in [5.41, 5.74) is 0.502. The molecule has 140 valence electrons. The van der Waals surface area contributed by atoms with Crippen molar-refractivity contribution in [1.29, 1.82) is 0 Å². The van der Waals surface area contributed by atoms with Gasteiger partial charge in [0.25, 0.3) is 5.91 Å². The lowest BCUT2D eigenvalue weighted by Crippen LogP contribution is -2.40. The van der Waals surface area contributed by atoms with Gasteiger partial charge < -0.3 is 5.32 Å². The second kappa shape index (κ2) is 8.33. The number of aromatic nitrogens is 2. The number of nitrogens with zero attached hydrogens (tertiary/aromatic N) is 3. The fraction of sp³-hybridized carbons (Fsp3) is 0.350. The predicted octanol–water partition coefficient (Wildman–Crippen LogP) is 3.99. The maximum absolute atomic E-state index is 12.2. The number of rotatable bonds is 5. The first-order valence-corrected chi connectivity index (χ1v) is 10.3. The van der Waals surface area contributed by atoms with Crippen molar-refractivity contribution in [2.45, 2.75) is 19.4 Å². The first kappa shape index (κ1) is 18.3. The molecule has 1 unspecified atom stereocenters. The summed E-state index contributed by atoms with van der Waals surface area (Å²) in [5, 5.41) is 5.04. The third kappa shape index (κ3) is 4.29. The van der Waals surface area contributed by atoms with Crippen LogP contribution in [-0.4, -0.2) is 40.4 Å². The summed E-state index contributed by atoms with van der Waals surface area (Å²) >= 11 is 8.38. The lowest BCUT2D eigenvalue weighted by atomic mass is 9.98. The third-order valence-corrected chi connectivity index (χ3v) is 6.65. The standard InChI is InChI=1S/C20H21ClN4OS/c21-19-16-5-1-2-6-17(16)27-18(19)12-25-7-3-4-14(11-25)8-24-20(26)15-9-22-13-23-10-15/h1-2,5-6,9-10,13-14H,3-4,7-8,11-12H2,(H,24,26). The monoisotopic (exact) mass is 400 g/mol. The van der Waals surface area contributed by atoms with E-state index in [0.717, 1.165) is 42.9 Å². The molecule has 1 fully saturated rings. The minimum absolute atomic E-state index is 0.111. The summed E-state index contributed by atoms with van der Waals surface area (Å²) in [6, 6.07) is 8.29. The molecule has 0 saturated carbocycles. The summed E-state index contributed by atoms with van der Waals surface area (Å²) in [6.45, 7) is 3.58. The molecular formula is C20H21ClN4OS. The molecule has 1 aliphatic rings. The van der Waals surface area contributed by atoms with E-state index in [1.165, 1.54) is 15.9 Å². The number of carbonyl (C=O) groups excluding carboxylic acids is 1. The second-order valence-corrected chi connectivity index (χ2v) is 8.43. The molecule has 1 aliphatic heterocycles. The van der Waals surface area contributed by atoms with E-state index in [4.69, 9.17) is 11.6 Å². The fourth-order valence-corrected chi connectivity index (χ4v) is 5.12. The van der Waals surface area contributed by atoms with Crippen LogP contribution in [0.25, 0.3) is 10.1 Å². The van der Waals surface area contributed by atoms with Crippen LogP contribution < -0.4 is 5.32 Å². The second-order valence-electron chi connectivity index (χ2n) is 6.92. The van der Waals surface area contributed by atoms with Crippen LogP contribution in [0.4, 0.5) is 0 Å². The molecular weight excluding hydrogens is 380 g/mol. The van der Waals surface area contributed by atoms with Gasteiger partial charge >= 0.3 is 0 Å². The highest BCUT2D eigenvalue weighted by Gasteiger charge is 2.22. The molecule has 1 N–H and O–H groups in total. The number of carbonyl (C=O) groups is 1. The van der Waals surface area contributed by atoms with Gasteiger partial charge in [0.2, 0.25) is 0 Å². The van der Waals surface area contributed by atoms with Crippen molar-refractivity contribution in [1.82, 2.24) is 20.2 Å². The summed E-state index contributed by atoms with van der Waals surface area (Å²) < 4.78 is 1.24. The van der Waals surface area contributed by atoms with Gasteiger partial charge in [0.05, 0.1) is 10.6 Å². The normalized spacial score (nSPS) is 17.9. The highest BCUT2D eigenvalue weighted by molar-refractivity contribution is 7.19. The molecule has 7 heteroatoms. The number of fused-ring (bicyclic) bond motifs is 1. The van der Waals surface area contributed by atoms with Gasteiger partial charge in [-0.3, -0.25) is 9.69 Å². The van der Waals surface area contributed by atoms with Crippen LogP contribution in [0.5, 0.6) is 0 Å². The Morgan fingerprint density at radius 1 is 1.30 bits per heavy atom. The summed E-state index contributed by atoms with van der Waals surface area (Å²) in [5.74, 6) is 0.334. The van der Waals surface area contributed by atoms with Crippen molar-refractivity contribution < 1.29 is 4.79 Å². The molecule has 0 radical (unpaired) electrons. The Bertz CT molecular complexity index is 930. The maximum atomic E-state index is 12.2. The van der Waals surface area contributed by atoms with Gasteiger partial charge in [-0.2, -0.15) is 0 Å². The van der Waals surface area contributed by atoms with E-state index >= 15 is 0 Å². The minimum atomic E-state index is -0.111. The van der Waals surface area contributed by atoms with Crippen molar-refractivity contribution in [2.24, 2.45) is 5.92 Å². The molecule has 27 heavy (non-hydrogen) atoms. The van der Waals surface area contributed by atoms with Crippen molar-refractivity contribution in [3.05, 3.63) is 58.4 Å². The van der Waals surface area contributed by atoms with Gasteiger partial charge in [0.15, 0.2) is 0 Å². The Kier molecular flexibility index (Phi) is 5.66. The van der Waals surface area contributed by atoms with Crippen molar-refractivity contribution >= 4 is 38.9 Å². The quantitative estimate of drug-likeness (QED) is 0.703. The maximum Gasteiger partial charge on any atom is 0.254 e. The van der Waals surface area contributed by atoms with Gasteiger partial charge in [0.1, 0.15) is 6.33 Å². The van der Waals surface area contributed by atoms with E-state index in [9.17, 15) is 4.79 Å². The van der Waals surface area contributed by atoms with Crippen LogP contribution in [0, 0.1) is 5.92 Å². The van der Waals surface area contributed by atoms with E-state index in [0.29, 0.717) is 18.0 Å². The molecule has 1 atom stereocenters. The summed E-state index contributed by atoms with van der Waals surface area (Å²) in [6.07, 6.45) is 6.77. The Morgan fingerprint density at radius 3 is 2.93 bits per heavy atom. The van der Waals surface area contributed by atoms with Gasteiger partial charge in [-0.15, -0.1) is 11.3 Å². The molecule has 5 nitrogen and oxygen atoms in total. The van der Waals surface area contributed by atoms with E-state index < -0.39 is 0 Å². The van der Waals surface area contributed by atoms with Crippen LogP contribution >= 0.6 is 22.9 Å². The smallest absolute Gasteiger partial charge is 0.254 e. The van der Waals surface area contributed by atoms with Crippen LogP contribution in [-0.2, 0) is 6.54 Å². The molecule has 1 amide bonds. The SMILES string of the molecule is O=C(NCC1CCCN(Cc2sc3ccccc3c2Cl)C1)c1cncnc1. The number of piperidine rings is 1. The Morgan fingerprint density at radius 2 is 2.11 bits per heavy atom. The molecule has 0 aliphatic carbocycles. The average molecular weight is 401 g/mol. The van der Waals surface area contributed by atoms with E-state index in [1.54, 1.807) is 23.7 Å². The summed E-state index contributed by atoms with van der Waals surface area (Å²) in [4.78, 5) is 23.6. The first-order valence-electron chi connectivity index (χ1n) is 9.12. The molecule has 3 aromatic rings. The fourth-order valence-electron chi connectivity index (χ4n) is 3.59. The zero-order valence-corrected chi connectivity index (χ0v) is 16.5. The Balaban J connectivity index is 1.35. The van der Waals surface area contributed by atoms with Gasteiger partial charge in [-0.1, -0.05) is 29.8 Å². The number of halogens is 1. The number of likely N-dealkylation sites (tertiary alicyclic amines) is 1. The molecule has 0 bridgehead atoms. The minimum Gasteiger partial charge on any atom is -0.352 e. The zero-order chi connectivity index (χ0) is 18.6. The van der Waals surface area contributed by atoms with Crippen LogP contribution in [0.2, 0.25) is 5.02 Å². The predicted molar refractivity (Wildman–Crippen MR) is 109 cm³/mol. The number of benzene rings is 1. The highest BCUT2D eigenvalue weighted by atomic mass is 35.5. The van der Waals surface area contributed by atoms with Crippen LogP contribution in [0.1, 0.15) is 28.1 Å². The molecule has 1 aromatic carbocycles. The number of hydrogen-bond donors (Lipinski definition) is 1. The van der Waals surface area contributed by atoms with E-state index in [-0.39, 0.29) is 5.91 Å². The van der Waals surface area contributed by atoms with Crippen molar-refractivity contribution in [3.8, 4) is 0 Å². The number of nitrogens with one attached hydrogen (secondary N) is 1. The first-order chi connectivity index (χ1) is 13.2. The Hall–Kier alpha value is -2.02. The van der Waals surface area contributed by atoms with Crippen molar-refractivity contribution in [3.63, 3.8) is 0 Å². The number of hydrogen-bond acceptors (Lipinski definition) is 5. The zero-order valence-electron chi connectivity index (χ0n) is 14.9. The number of thiophene rings is 1. The molecule has 2 aromatic heterocycles. The molecule has 1 saturated heterocycles. The van der Waals surface area contributed by atoms with E-state index in [1.807, 2.05) is 6.07 Å². The van der Waals surface area contributed by atoms with Gasteiger partial charge in [-0.05, 0) is 31.4 Å². The van der Waals surface area contributed by atoms with E-state index in [2.05, 4.69) is 38.4 Å². The molecule has 3 heterocycles. The lowest BCUT2D eigenvalue weighted by molar-refractivity contribution is 0.0930. The van der Waals surface area contributed by atoms with Gasteiger partial charge in [0, 0.05) is 47.0 Å². The number of amides is 1. The lowest BCUT2D eigenvalue weighted by Gasteiger charge is -2.32. The summed E-state index contributed by atoms with van der Waals surface area (Å²) in [7, 11) is 0. The van der Waals surface area contributed by atoms with Crippen molar-refractivity contribution in [2.75, 3.05) is 19.6 Å². The largest absolute Gasteiger partial charge is 0.352 e.